The number of aromatic nitrogens is 2. The van der Waals surface area contributed by atoms with Crippen molar-refractivity contribution >= 4 is 0 Å². The van der Waals surface area contributed by atoms with Gasteiger partial charge in [-0.15, -0.1) is 0 Å². The maximum absolute atomic E-state index is 4.63. The molecule has 0 spiro atoms. The quantitative estimate of drug-likeness (QED) is 0.774. The van der Waals surface area contributed by atoms with Crippen molar-refractivity contribution in [2.45, 2.75) is 44.9 Å². The van der Waals surface area contributed by atoms with E-state index in [-0.39, 0.29) is 5.41 Å². The van der Waals surface area contributed by atoms with Gasteiger partial charge in [-0.05, 0) is 36.0 Å². The van der Waals surface area contributed by atoms with Gasteiger partial charge < -0.3 is 0 Å². The Morgan fingerprint density at radius 1 is 1.11 bits per heavy atom. The fraction of sp³-hybridized carbons (Fsp3) is 0.438. The van der Waals surface area contributed by atoms with Gasteiger partial charge >= 0.3 is 0 Å². The molecule has 0 aliphatic heterocycles. The zero-order valence-corrected chi connectivity index (χ0v) is 11.4. The zero-order chi connectivity index (χ0) is 12.8. The van der Waals surface area contributed by atoms with Crippen LogP contribution in [-0.4, -0.2) is 9.78 Å². The Bertz CT molecular complexity index is 542. The number of hydrogen-bond donors (Lipinski definition) is 0. The molecule has 18 heavy (non-hydrogen) atoms. The molecular weight excluding hydrogens is 220 g/mol. The molecule has 1 aliphatic rings. The minimum Gasteiger partial charge on any atom is -0.237 e. The Labute approximate surface area is 109 Å². The molecule has 1 aliphatic carbocycles. The second-order valence-corrected chi connectivity index (χ2v) is 6.22. The van der Waals surface area contributed by atoms with Crippen LogP contribution in [0.5, 0.6) is 0 Å². The fourth-order valence-electron chi connectivity index (χ4n) is 2.46. The van der Waals surface area contributed by atoms with Gasteiger partial charge in [-0.25, -0.2) is 4.68 Å². The lowest BCUT2D eigenvalue weighted by atomic mass is 9.86. The van der Waals surface area contributed by atoms with Crippen molar-refractivity contribution in [2.75, 3.05) is 0 Å². The average Bonchev–Trinajstić information content (AvgIpc) is 3.07. The van der Waals surface area contributed by atoms with E-state index in [1.54, 1.807) is 0 Å². The normalized spacial score (nSPS) is 15.9. The third kappa shape index (κ3) is 1.96. The number of hydrogen-bond acceptors (Lipinski definition) is 1. The highest BCUT2D eigenvalue weighted by Crippen LogP contribution is 2.45. The Morgan fingerprint density at radius 3 is 2.33 bits per heavy atom. The maximum atomic E-state index is 4.63. The first kappa shape index (κ1) is 11.5. The van der Waals surface area contributed by atoms with Crippen LogP contribution in [0.4, 0.5) is 0 Å². The third-order valence-corrected chi connectivity index (χ3v) is 3.58. The summed E-state index contributed by atoms with van der Waals surface area (Å²) in [4.78, 5) is 0. The van der Waals surface area contributed by atoms with Gasteiger partial charge in [-0.2, -0.15) is 5.10 Å². The molecule has 0 bridgehead atoms. The monoisotopic (exact) mass is 240 g/mol. The van der Waals surface area contributed by atoms with Crippen LogP contribution in [-0.2, 0) is 5.41 Å². The summed E-state index contributed by atoms with van der Waals surface area (Å²) in [6, 6.07) is 10.5. The van der Waals surface area contributed by atoms with Crippen LogP contribution in [0.3, 0.4) is 0 Å². The summed E-state index contributed by atoms with van der Waals surface area (Å²) < 4.78 is 2.14. The van der Waals surface area contributed by atoms with E-state index in [1.165, 1.54) is 29.8 Å². The highest BCUT2D eigenvalue weighted by molar-refractivity contribution is 5.40. The largest absolute Gasteiger partial charge is 0.237 e. The number of nitrogens with zero attached hydrogens (tertiary/aromatic N) is 2. The van der Waals surface area contributed by atoms with Crippen LogP contribution < -0.4 is 0 Å². The molecule has 0 unspecified atom stereocenters. The molecule has 2 nitrogen and oxygen atoms in total. The summed E-state index contributed by atoms with van der Waals surface area (Å²) in [5.74, 6) is 0.710. The van der Waals surface area contributed by atoms with Crippen LogP contribution in [0.15, 0.2) is 36.5 Å². The molecule has 2 aromatic rings. The van der Waals surface area contributed by atoms with Crippen LogP contribution in [0.2, 0.25) is 0 Å². The van der Waals surface area contributed by atoms with E-state index in [0.717, 1.165) is 0 Å². The zero-order valence-electron chi connectivity index (χ0n) is 11.4. The van der Waals surface area contributed by atoms with Crippen LogP contribution in [0.25, 0.3) is 5.69 Å². The number of benzene rings is 1. The first-order chi connectivity index (χ1) is 8.57. The minimum absolute atomic E-state index is 0.172. The molecule has 94 valence electrons. The summed E-state index contributed by atoms with van der Waals surface area (Å²) >= 11 is 0. The summed E-state index contributed by atoms with van der Waals surface area (Å²) in [7, 11) is 0. The van der Waals surface area contributed by atoms with Gasteiger partial charge in [0.15, 0.2) is 0 Å². The smallest absolute Gasteiger partial charge is 0.0649 e. The molecule has 0 amide bonds. The van der Waals surface area contributed by atoms with Crippen molar-refractivity contribution in [1.29, 1.82) is 0 Å². The van der Waals surface area contributed by atoms with E-state index < -0.39 is 0 Å². The summed E-state index contributed by atoms with van der Waals surface area (Å²) in [6.45, 7) is 6.81. The van der Waals surface area contributed by atoms with Gasteiger partial charge in [-0.3, -0.25) is 0 Å². The summed E-state index contributed by atoms with van der Waals surface area (Å²) in [6.07, 6.45) is 4.67. The van der Waals surface area contributed by atoms with Gasteiger partial charge in [0.05, 0.1) is 17.6 Å². The number of para-hydroxylation sites is 1. The first-order valence-corrected chi connectivity index (χ1v) is 6.71. The summed E-state index contributed by atoms with van der Waals surface area (Å²) in [5, 5.41) is 4.63. The Morgan fingerprint density at radius 2 is 1.78 bits per heavy atom. The molecule has 2 heteroatoms. The van der Waals surface area contributed by atoms with E-state index in [2.05, 4.69) is 67.1 Å². The predicted octanol–water partition coefficient (Wildman–Crippen LogP) is 4.05. The van der Waals surface area contributed by atoms with Crippen molar-refractivity contribution < 1.29 is 0 Å². The molecule has 0 atom stereocenters. The van der Waals surface area contributed by atoms with Crippen molar-refractivity contribution in [1.82, 2.24) is 9.78 Å². The second kappa shape index (κ2) is 3.98. The Balaban J connectivity index is 2.14. The molecule has 1 fully saturated rings. The van der Waals surface area contributed by atoms with Gasteiger partial charge in [0.1, 0.15) is 0 Å². The minimum atomic E-state index is 0.172. The lowest BCUT2D eigenvalue weighted by Crippen LogP contribution is -2.14. The third-order valence-electron chi connectivity index (χ3n) is 3.58. The maximum Gasteiger partial charge on any atom is 0.0649 e. The highest BCUT2D eigenvalue weighted by Gasteiger charge is 2.34. The SMILES string of the molecule is CC(C)(C)c1cnn(-c2ccccc2)c1C1CC1. The van der Waals surface area contributed by atoms with Gasteiger partial charge in [0, 0.05) is 5.92 Å². The average molecular weight is 240 g/mol. The fourth-order valence-corrected chi connectivity index (χ4v) is 2.46. The van der Waals surface area contributed by atoms with Crippen LogP contribution in [0, 0.1) is 0 Å². The van der Waals surface area contributed by atoms with Crippen LogP contribution in [0.1, 0.15) is 50.8 Å². The second-order valence-electron chi connectivity index (χ2n) is 6.22. The van der Waals surface area contributed by atoms with E-state index in [4.69, 9.17) is 0 Å². The van der Waals surface area contributed by atoms with Gasteiger partial charge in [-0.1, -0.05) is 39.0 Å². The van der Waals surface area contributed by atoms with E-state index in [9.17, 15) is 0 Å². The standard InChI is InChI=1S/C16H20N2/c1-16(2,3)14-11-17-18(15(14)12-9-10-12)13-7-5-4-6-8-13/h4-8,11-12H,9-10H2,1-3H3. The lowest BCUT2D eigenvalue weighted by molar-refractivity contribution is 0.580. The Hall–Kier alpha value is -1.57. The van der Waals surface area contributed by atoms with Crippen molar-refractivity contribution in [3.05, 3.63) is 47.8 Å². The highest BCUT2D eigenvalue weighted by atomic mass is 15.3. The van der Waals surface area contributed by atoms with Crippen molar-refractivity contribution in [2.24, 2.45) is 0 Å². The molecule has 0 N–H and O–H groups in total. The van der Waals surface area contributed by atoms with Crippen molar-refractivity contribution in [3.63, 3.8) is 0 Å². The molecule has 3 rings (SSSR count). The van der Waals surface area contributed by atoms with Crippen LogP contribution >= 0.6 is 0 Å². The van der Waals surface area contributed by atoms with Crippen molar-refractivity contribution in [3.8, 4) is 5.69 Å². The van der Waals surface area contributed by atoms with Gasteiger partial charge in [0.25, 0.3) is 0 Å². The molecule has 1 saturated carbocycles. The van der Waals surface area contributed by atoms with E-state index >= 15 is 0 Å². The number of rotatable bonds is 2. The van der Waals surface area contributed by atoms with Gasteiger partial charge in [0.2, 0.25) is 0 Å². The molecule has 1 aromatic heterocycles. The molecular formula is C16H20N2. The Kier molecular flexibility index (Phi) is 2.54. The molecule has 1 aromatic carbocycles. The first-order valence-electron chi connectivity index (χ1n) is 6.71. The van der Waals surface area contributed by atoms with E-state index in [0.29, 0.717) is 5.92 Å². The lowest BCUT2D eigenvalue weighted by Gasteiger charge is -2.19. The topological polar surface area (TPSA) is 17.8 Å². The molecule has 0 radical (unpaired) electrons. The summed E-state index contributed by atoms with van der Waals surface area (Å²) in [5.41, 5.74) is 4.17. The molecule has 0 saturated heterocycles. The molecule has 1 heterocycles. The predicted molar refractivity (Wildman–Crippen MR) is 74.2 cm³/mol. The van der Waals surface area contributed by atoms with E-state index in [1.807, 2.05) is 0 Å².